The molecule has 0 bridgehead atoms. The van der Waals surface area contributed by atoms with Gasteiger partial charge in [0.05, 0.1) is 17.8 Å². The molecule has 0 atom stereocenters. The SMILES string of the molecule is CCS(=O)(=O)Oc1cc(CN(CC(C)C)S(=O)(=O)c2cccc3ccccc23)ccc1OC. The largest absolute Gasteiger partial charge is 0.493 e. The van der Waals surface area contributed by atoms with Gasteiger partial charge in [-0.1, -0.05) is 56.3 Å². The van der Waals surface area contributed by atoms with Gasteiger partial charge < -0.3 is 8.92 Å². The van der Waals surface area contributed by atoms with Gasteiger partial charge in [-0.15, -0.1) is 0 Å². The number of ether oxygens (including phenoxy) is 1. The summed E-state index contributed by atoms with van der Waals surface area (Å²) in [4.78, 5) is 0.236. The Morgan fingerprint density at radius 2 is 1.61 bits per heavy atom. The Kier molecular flexibility index (Phi) is 7.66. The summed E-state index contributed by atoms with van der Waals surface area (Å²) >= 11 is 0. The van der Waals surface area contributed by atoms with Gasteiger partial charge in [-0.3, -0.25) is 0 Å². The Morgan fingerprint density at radius 3 is 2.27 bits per heavy atom. The highest BCUT2D eigenvalue weighted by molar-refractivity contribution is 7.89. The Balaban J connectivity index is 2.04. The van der Waals surface area contributed by atoms with E-state index in [0.717, 1.165) is 5.39 Å². The van der Waals surface area contributed by atoms with Crippen LogP contribution in [0.4, 0.5) is 0 Å². The highest BCUT2D eigenvalue weighted by atomic mass is 32.2. The van der Waals surface area contributed by atoms with Gasteiger partial charge in [0.15, 0.2) is 11.5 Å². The lowest BCUT2D eigenvalue weighted by Gasteiger charge is -2.25. The normalized spacial score (nSPS) is 12.4. The molecule has 0 heterocycles. The minimum atomic E-state index is -3.85. The van der Waals surface area contributed by atoms with Gasteiger partial charge in [-0.25, -0.2) is 8.42 Å². The molecule has 33 heavy (non-hydrogen) atoms. The Labute approximate surface area is 196 Å². The molecule has 0 aromatic heterocycles. The highest BCUT2D eigenvalue weighted by Crippen LogP contribution is 2.32. The highest BCUT2D eigenvalue weighted by Gasteiger charge is 2.27. The number of sulfonamides is 1. The molecule has 0 amide bonds. The van der Waals surface area contributed by atoms with Gasteiger partial charge >= 0.3 is 10.1 Å². The molecule has 0 fully saturated rings. The van der Waals surface area contributed by atoms with Crippen molar-refractivity contribution in [3.8, 4) is 11.5 Å². The van der Waals surface area contributed by atoms with Crippen LogP contribution in [-0.4, -0.2) is 40.5 Å². The van der Waals surface area contributed by atoms with Crippen molar-refractivity contribution in [1.29, 1.82) is 0 Å². The second-order valence-electron chi connectivity index (χ2n) is 8.08. The molecule has 3 rings (SSSR count). The van der Waals surface area contributed by atoms with E-state index >= 15 is 0 Å². The first-order valence-electron chi connectivity index (χ1n) is 10.6. The minimum Gasteiger partial charge on any atom is -0.493 e. The predicted molar refractivity (Wildman–Crippen MR) is 129 cm³/mol. The van der Waals surface area contributed by atoms with Crippen LogP contribution in [0.5, 0.6) is 11.5 Å². The molecule has 0 N–H and O–H groups in total. The van der Waals surface area contributed by atoms with Crippen molar-refractivity contribution < 1.29 is 25.8 Å². The van der Waals surface area contributed by atoms with Crippen LogP contribution in [0.25, 0.3) is 10.8 Å². The number of hydrogen-bond donors (Lipinski definition) is 0. The lowest BCUT2D eigenvalue weighted by Crippen LogP contribution is -2.34. The summed E-state index contributed by atoms with van der Waals surface area (Å²) in [5.74, 6) is 0.158. The van der Waals surface area contributed by atoms with E-state index in [4.69, 9.17) is 8.92 Å². The van der Waals surface area contributed by atoms with E-state index in [2.05, 4.69) is 0 Å². The van der Waals surface area contributed by atoms with Gasteiger partial charge in [0.25, 0.3) is 0 Å². The molecule has 0 aliphatic rings. The third kappa shape index (κ3) is 5.85. The summed E-state index contributed by atoms with van der Waals surface area (Å²) in [5.41, 5.74) is 0.585. The molecule has 9 heteroatoms. The maximum absolute atomic E-state index is 13.7. The Bertz CT molecular complexity index is 1330. The third-order valence-corrected chi connectivity index (χ3v) is 8.10. The van der Waals surface area contributed by atoms with Gasteiger partial charge in [0.1, 0.15) is 0 Å². The van der Waals surface area contributed by atoms with E-state index in [1.54, 1.807) is 30.3 Å². The molecular weight excluding hydrogens is 462 g/mol. The monoisotopic (exact) mass is 491 g/mol. The van der Waals surface area contributed by atoms with Gasteiger partial charge in [-0.05, 0) is 42.0 Å². The maximum Gasteiger partial charge on any atom is 0.309 e. The zero-order valence-electron chi connectivity index (χ0n) is 19.2. The first-order chi connectivity index (χ1) is 15.6. The number of rotatable bonds is 10. The topological polar surface area (TPSA) is 90.0 Å². The lowest BCUT2D eigenvalue weighted by atomic mass is 10.1. The van der Waals surface area contributed by atoms with E-state index in [-0.39, 0.29) is 34.6 Å². The van der Waals surface area contributed by atoms with E-state index in [0.29, 0.717) is 17.5 Å². The Morgan fingerprint density at radius 1 is 0.909 bits per heavy atom. The molecule has 178 valence electrons. The van der Waals surface area contributed by atoms with Crippen LogP contribution in [0.15, 0.2) is 65.6 Å². The second-order valence-corrected chi connectivity index (χ2v) is 11.8. The molecular formula is C24H29NO6S2. The Hall–Kier alpha value is -2.62. The number of benzene rings is 3. The summed E-state index contributed by atoms with van der Waals surface area (Å²) in [5, 5.41) is 1.49. The van der Waals surface area contributed by atoms with Crippen molar-refractivity contribution in [1.82, 2.24) is 4.31 Å². The van der Waals surface area contributed by atoms with Crippen molar-refractivity contribution in [2.24, 2.45) is 5.92 Å². The molecule has 0 unspecified atom stereocenters. The van der Waals surface area contributed by atoms with E-state index in [9.17, 15) is 16.8 Å². The van der Waals surface area contributed by atoms with Crippen molar-refractivity contribution in [2.75, 3.05) is 19.4 Å². The van der Waals surface area contributed by atoms with Crippen molar-refractivity contribution in [2.45, 2.75) is 32.2 Å². The number of methoxy groups -OCH3 is 1. The number of nitrogens with zero attached hydrogens (tertiary/aromatic N) is 1. The zero-order valence-corrected chi connectivity index (χ0v) is 20.8. The molecule has 7 nitrogen and oxygen atoms in total. The lowest BCUT2D eigenvalue weighted by molar-refractivity contribution is 0.360. The van der Waals surface area contributed by atoms with Gasteiger partial charge in [0, 0.05) is 18.5 Å². The van der Waals surface area contributed by atoms with Crippen LogP contribution < -0.4 is 8.92 Å². The van der Waals surface area contributed by atoms with Crippen molar-refractivity contribution >= 4 is 30.9 Å². The number of hydrogen-bond acceptors (Lipinski definition) is 6. The predicted octanol–water partition coefficient (Wildman–Crippen LogP) is 4.42. The van der Waals surface area contributed by atoms with Crippen LogP contribution in [-0.2, 0) is 26.7 Å². The van der Waals surface area contributed by atoms with Crippen molar-refractivity contribution in [3.63, 3.8) is 0 Å². The van der Waals surface area contributed by atoms with E-state index in [1.165, 1.54) is 24.4 Å². The zero-order chi connectivity index (χ0) is 24.2. The van der Waals surface area contributed by atoms with Crippen LogP contribution in [0, 0.1) is 5.92 Å². The second kappa shape index (κ2) is 10.1. The average Bonchev–Trinajstić information content (AvgIpc) is 2.78. The molecule has 0 saturated heterocycles. The number of fused-ring (bicyclic) bond motifs is 1. The molecule has 3 aromatic rings. The van der Waals surface area contributed by atoms with Gasteiger partial charge in [-0.2, -0.15) is 12.7 Å². The third-order valence-electron chi connectivity index (χ3n) is 5.09. The van der Waals surface area contributed by atoms with E-state index in [1.807, 2.05) is 38.1 Å². The molecule has 3 aromatic carbocycles. The summed E-state index contributed by atoms with van der Waals surface area (Å²) in [6, 6.07) is 17.4. The maximum atomic E-state index is 13.7. The summed E-state index contributed by atoms with van der Waals surface area (Å²) in [7, 11) is -6.21. The molecule has 0 aliphatic carbocycles. The summed E-state index contributed by atoms with van der Waals surface area (Å²) in [6.07, 6.45) is 0. The summed E-state index contributed by atoms with van der Waals surface area (Å²) < 4.78 is 63.3. The molecule has 0 aliphatic heterocycles. The van der Waals surface area contributed by atoms with Gasteiger partial charge in [0.2, 0.25) is 10.0 Å². The summed E-state index contributed by atoms with van der Waals surface area (Å²) in [6.45, 7) is 5.72. The first kappa shape index (κ1) is 25.0. The average molecular weight is 492 g/mol. The fourth-order valence-electron chi connectivity index (χ4n) is 3.50. The van der Waals surface area contributed by atoms with Crippen LogP contribution >= 0.6 is 0 Å². The van der Waals surface area contributed by atoms with Crippen molar-refractivity contribution in [3.05, 3.63) is 66.2 Å². The molecule has 0 spiro atoms. The fourth-order valence-corrected chi connectivity index (χ4v) is 5.83. The minimum absolute atomic E-state index is 0.0314. The van der Waals surface area contributed by atoms with Crippen LogP contribution in [0.1, 0.15) is 26.3 Å². The van der Waals surface area contributed by atoms with E-state index < -0.39 is 20.1 Å². The molecule has 0 saturated carbocycles. The van der Waals surface area contributed by atoms with Crippen LogP contribution in [0.3, 0.4) is 0 Å². The standard InChI is InChI=1S/C24H29NO6S2/c1-5-32(26,27)31-23-15-19(13-14-22(23)30-4)17-25(16-18(2)3)33(28,29)24-12-8-10-20-9-6-7-11-21(20)24/h6-15,18H,5,16-17H2,1-4H3. The van der Waals surface area contributed by atoms with Crippen LogP contribution in [0.2, 0.25) is 0 Å². The fraction of sp³-hybridized carbons (Fsp3) is 0.333. The quantitative estimate of drug-likeness (QED) is 0.390. The smallest absolute Gasteiger partial charge is 0.309 e. The molecule has 0 radical (unpaired) electrons. The first-order valence-corrected chi connectivity index (χ1v) is 13.7.